The Morgan fingerprint density at radius 2 is 2.21 bits per heavy atom. The molecule has 0 heterocycles. The topological polar surface area (TPSA) is 72.2 Å². The Hall–Kier alpha value is -1.62. The Morgan fingerprint density at radius 1 is 1.53 bits per heavy atom. The van der Waals surface area contributed by atoms with Crippen LogP contribution in [-0.4, -0.2) is 23.3 Å². The fourth-order valence-electron chi connectivity index (χ4n) is 1.96. The van der Waals surface area contributed by atoms with E-state index < -0.39 is 4.92 Å². The van der Waals surface area contributed by atoms with Crippen molar-refractivity contribution in [1.29, 1.82) is 0 Å². The largest absolute Gasteiger partial charge is 0.351 e. The third-order valence-electron chi connectivity index (χ3n) is 3.61. The smallest absolute Gasteiger partial charge is 0.273 e. The summed E-state index contributed by atoms with van der Waals surface area (Å²) < 4.78 is 0. The van der Waals surface area contributed by atoms with Crippen LogP contribution in [0.2, 0.25) is 0 Å². The fourth-order valence-corrected chi connectivity index (χ4v) is 2.33. The number of hydrogen-bond acceptors (Lipinski definition) is 3. The molecule has 1 fully saturated rings. The SMILES string of the molecule is Cc1c(C(=O)NCC2(CCl)CC2)cccc1[N+](=O)[O-]. The van der Waals surface area contributed by atoms with Gasteiger partial charge in [-0.05, 0) is 25.8 Å². The van der Waals surface area contributed by atoms with Crippen molar-refractivity contribution in [1.82, 2.24) is 5.32 Å². The van der Waals surface area contributed by atoms with E-state index in [0.717, 1.165) is 12.8 Å². The average Bonchev–Trinajstić information content (AvgIpc) is 3.16. The maximum atomic E-state index is 12.1. The van der Waals surface area contributed by atoms with E-state index in [2.05, 4.69) is 5.32 Å². The first kappa shape index (κ1) is 13.8. The van der Waals surface area contributed by atoms with E-state index in [9.17, 15) is 14.9 Å². The summed E-state index contributed by atoms with van der Waals surface area (Å²) in [4.78, 5) is 22.4. The summed E-state index contributed by atoms with van der Waals surface area (Å²) in [6.45, 7) is 2.11. The second kappa shape index (κ2) is 5.17. The molecule has 1 amide bonds. The lowest BCUT2D eigenvalue weighted by Crippen LogP contribution is -2.31. The van der Waals surface area contributed by atoms with Gasteiger partial charge in [-0.2, -0.15) is 0 Å². The van der Waals surface area contributed by atoms with Crippen LogP contribution in [0.3, 0.4) is 0 Å². The number of nitrogens with one attached hydrogen (secondary N) is 1. The van der Waals surface area contributed by atoms with Crippen LogP contribution in [-0.2, 0) is 0 Å². The molecule has 1 aliphatic rings. The summed E-state index contributed by atoms with van der Waals surface area (Å²) in [5.74, 6) is 0.249. The zero-order chi connectivity index (χ0) is 14.0. The maximum absolute atomic E-state index is 12.1. The molecule has 1 aromatic carbocycles. The Bertz CT molecular complexity index is 527. The summed E-state index contributed by atoms with van der Waals surface area (Å²) >= 11 is 5.84. The van der Waals surface area contributed by atoms with Gasteiger partial charge in [-0.3, -0.25) is 14.9 Å². The maximum Gasteiger partial charge on any atom is 0.273 e. The van der Waals surface area contributed by atoms with Gasteiger partial charge in [-0.15, -0.1) is 11.6 Å². The molecular formula is C13H15ClN2O3. The van der Waals surface area contributed by atoms with Crippen molar-refractivity contribution in [2.24, 2.45) is 5.41 Å². The Balaban J connectivity index is 2.11. The third-order valence-corrected chi connectivity index (χ3v) is 4.18. The van der Waals surface area contributed by atoms with Gasteiger partial charge in [0.15, 0.2) is 0 Å². The zero-order valence-corrected chi connectivity index (χ0v) is 11.4. The predicted molar refractivity (Wildman–Crippen MR) is 72.6 cm³/mol. The van der Waals surface area contributed by atoms with E-state index >= 15 is 0 Å². The van der Waals surface area contributed by atoms with Crippen LogP contribution in [0.4, 0.5) is 5.69 Å². The van der Waals surface area contributed by atoms with Crippen LogP contribution >= 0.6 is 11.6 Å². The van der Waals surface area contributed by atoms with Crippen LogP contribution in [0.15, 0.2) is 18.2 Å². The predicted octanol–water partition coefficient (Wildman–Crippen LogP) is 2.65. The molecule has 102 valence electrons. The second-order valence-electron chi connectivity index (χ2n) is 5.02. The lowest BCUT2D eigenvalue weighted by molar-refractivity contribution is -0.385. The lowest BCUT2D eigenvalue weighted by atomic mass is 10.1. The van der Waals surface area contributed by atoms with Crippen molar-refractivity contribution in [2.75, 3.05) is 12.4 Å². The number of rotatable bonds is 5. The lowest BCUT2D eigenvalue weighted by Gasteiger charge is -2.13. The van der Waals surface area contributed by atoms with E-state index in [1.807, 2.05) is 0 Å². The number of benzene rings is 1. The molecule has 1 saturated carbocycles. The van der Waals surface area contributed by atoms with Gasteiger partial charge in [0.1, 0.15) is 0 Å². The molecule has 19 heavy (non-hydrogen) atoms. The van der Waals surface area contributed by atoms with Crippen LogP contribution in [0.25, 0.3) is 0 Å². The molecular weight excluding hydrogens is 268 g/mol. The number of alkyl halides is 1. The van der Waals surface area contributed by atoms with Crippen LogP contribution in [0, 0.1) is 22.5 Å². The highest BCUT2D eigenvalue weighted by Crippen LogP contribution is 2.45. The van der Waals surface area contributed by atoms with E-state index in [1.165, 1.54) is 12.1 Å². The molecule has 0 radical (unpaired) electrons. The van der Waals surface area contributed by atoms with Crippen LogP contribution < -0.4 is 5.32 Å². The van der Waals surface area contributed by atoms with Crippen molar-refractivity contribution in [3.63, 3.8) is 0 Å². The van der Waals surface area contributed by atoms with Gasteiger partial charge >= 0.3 is 0 Å². The normalized spacial score (nSPS) is 15.9. The number of halogens is 1. The summed E-state index contributed by atoms with van der Waals surface area (Å²) in [5.41, 5.74) is 0.734. The number of carbonyl (C=O) groups is 1. The van der Waals surface area contributed by atoms with E-state index in [-0.39, 0.29) is 17.0 Å². The fraction of sp³-hybridized carbons (Fsp3) is 0.462. The molecule has 0 unspecified atom stereocenters. The number of hydrogen-bond donors (Lipinski definition) is 1. The molecule has 0 spiro atoms. The zero-order valence-electron chi connectivity index (χ0n) is 10.6. The highest BCUT2D eigenvalue weighted by molar-refractivity contribution is 6.18. The Morgan fingerprint density at radius 3 is 2.74 bits per heavy atom. The van der Waals surface area contributed by atoms with Gasteiger partial charge in [0, 0.05) is 35.0 Å². The minimum atomic E-state index is -0.479. The average molecular weight is 283 g/mol. The van der Waals surface area contributed by atoms with Crippen LogP contribution in [0.1, 0.15) is 28.8 Å². The molecule has 0 atom stereocenters. The quantitative estimate of drug-likeness (QED) is 0.513. The van der Waals surface area contributed by atoms with Gasteiger partial charge < -0.3 is 5.32 Å². The van der Waals surface area contributed by atoms with Crippen molar-refractivity contribution in [2.45, 2.75) is 19.8 Å². The molecule has 1 N–H and O–H groups in total. The van der Waals surface area contributed by atoms with Gasteiger partial charge in [0.25, 0.3) is 11.6 Å². The van der Waals surface area contributed by atoms with Crippen molar-refractivity contribution >= 4 is 23.2 Å². The van der Waals surface area contributed by atoms with Gasteiger partial charge in [0.2, 0.25) is 0 Å². The molecule has 0 saturated heterocycles. The van der Waals surface area contributed by atoms with E-state index in [4.69, 9.17) is 11.6 Å². The highest BCUT2D eigenvalue weighted by Gasteiger charge is 2.41. The number of nitro benzene ring substituents is 1. The molecule has 6 heteroatoms. The van der Waals surface area contributed by atoms with Crippen LogP contribution in [0.5, 0.6) is 0 Å². The molecule has 0 aromatic heterocycles. The molecule has 0 bridgehead atoms. The number of nitro groups is 1. The monoisotopic (exact) mass is 282 g/mol. The van der Waals surface area contributed by atoms with Crippen molar-refractivity contribution < 1.29 is 9.72 Å². The Kier molecular flexibility index (Phi) is 3.75. The standard InChI is InChI=1S/C13H15ClN2O3/c1-9-10(3-2-4-11(9)16(18)19)12(17)15-8-13(7-14)5-6-13/h2-4H,5-8H2,1H3,(H,15,17). The third kappa shape index (κ3) is 2.87. The Labute approximate surface area is 116 Å². The molecule has 0 aliphatic heterocycles. The summed E-state index contributed by atoms with van der Waals surface area (Å²) in [5, 5.41) is 13.6. The highest BCUT2D eigenvalue weighted by atomic mass is 35.5. The second-order valence-corrected chi connectivity index (χ2v) is 5.29. The first-order valence-corrected chi connectivity index (χ1v) is 6.61. The first-order valence-electron chi connectivity index (χ1n) is 6.07. The summed E-state index contributed by atoms with van der Waals surface area (Å²) in [6, 6.07) is 4.51. The van der Waals surface area contributed by atoms with E-state index in [1.54, 1.807) is 13.0 Å². The number of nitrogens with zero attached hydrogens (tertiary/aromatic N) is 1. The summed E-state index contributed by atoms with van der Waals surface area (Å²) in [7, 11) is 0. The molecule has 2 rings (SSSR count). The number of amides is 1. The van der Waals surface area contributed by atoms with Crippen molar-refractivity contribution in [3.8, 4) is 0 Å². The van der Waals surface area contributed by atoms with E-state index in [0.29, 0.717) is 23.6 Å². The molecule has 1 aromatic rings. The van der Waals surface area contributed by atoms with Gasteiger partial charge in [0.05, 0.1) is 4.92 Å². The minimum absolute atomic E-state index is 0.0336. The molecule has 5 nitrogen and oxygen atoms in total. The first-order chi connectivity index (χ1) is 8.99. The van der Waals surface area contributed by atoms with Gasteiger partial charge in [-0.1, -0.05) is 6.07 Å². The molecule has 1 aliphatic carbocycles. The minimum Gasteiger partial charge on any atom is -0.351 e. The number of carbonyl (C=O) groups excluding carboxylic acids is 1. The van der Waals surface area contributed by atoms with Crippen molar-refractivity contribution in [3.05, 3.63) is 39.4 Å². The van der Waals surface area contributed by atoms with Gasteiger partial charge in [-0.25, -0.2) is 0 Å². The summed E-state index contributed by atoms with van der Waals surface area (Å²) in [6.07, 6.45) is 2.04.